The van der Waals surface area contributed by atoms with E-state index in [1.807, 2.05) is 17.5 Å². The molecule has 0 saturated carbocycles. The van der Waals surface area contributed by atoms with E-state index in [9.17, 15) is 9.59 Å². The highest BCUT2D eigenvalue weighted by atomic mass is 32.1. The zero-order valence-corrected chi connectivity index (χ0v) is 10.1. The summed E-state index contributed by atoms with van der Waals surface area (Å²) in [5, 5.41) is 7.69. The smallest absolute Gasteiger partial charge is 0.290 e. The number of carbonyl (C=O) groups is 1. The number of hydrogen-bond acceptors (Lipinski definition) is 5. The molecule has 2 rings (SSSR count). The van der Waals surface area contributed by atoms with Crippen LogP contribution in [0.2, 0.25) is 0 Å². The largest absolute Gasteiger partial charge is 0.297 e. The first-order valence-corrected chi connectivity index (χ1v) is 5.89. The van der Waals surface area contributed by atoms with E-state index in [0.29, 0.717) is 5.70 Å². The fourth-order valence-corrected chi connectivity index (χ4v) is 1.83. The molecule has 7 heteroatoms. The van der Waals surface area contributed by atoms with Gasteiger partial charge in [-0.3, -0.25) is 20.4 Å². The molecule has 92 valence electrons. The van der Waals surface area contributed by atoms with Gasteiger partial charge in [0.15, 0.2) is 5.69 Å². The van der Waals surface area contributed by atoms with Gasteiger partial charge in [-0.25, -0.2) is 5.10 Å². The molecule has 0 saturated heterocycles. The molecule has 2 aromatic rings. The van der Waals surface area contributed by atoms with Crippen LogP contribution in [0.25, 0.3) is 5.70 Å². The van der Waals surface area contributed by atoms with Gasteiger partial charge in [0.05, 0.1) is 10.6 Å². The fourth-order valence-electron chi connectivity index (χ4n) is 1.18. The summed E-state index contributed by atoms with van der Waals surface area (Å²) in [7, 11) is 0. The SMILES string of the molecule is C=C(NNC(=O)c1ccc(=O)[nH]n1)c1cccs1. The standard InChI is InChI=1S/C11H10N4O2S/c1-7(9-3-2-6-18-9)12-15-11(17)8-4-5-10(16)14-13-8/h2-6,12H,1H2,(H,14,16)(H,15,17). The lowest BCUT2D eigenvalue weighted by Crippen LogP contribution is -2.36. The maximum absolute atomic E-state index is 11.6. The number of amides is 1. The highest BCUT2D eigenvalue weighted by Gasteiger charge is 2.07. The van der Waals surface area contributed by atoms with Crippen LogP contribution in [0.4, 0.5) is 0 Å². The fraction of sp³-hybridized carbons (Fsp3) is 0. The van der Waals surface area contributed by atoms with Crippen LogP contribution in [0.5, 0.6) is 0 Å². The van der Waals surface area contributed by atoms with Crippen molar-refractivity contribution >= 4 is 22.9 Å². The molecule has 18 heavy (non-hydrogen) atoms. The van der Waals surface area contributed by atoms with Crippen LogP contribution >= 0.6 is 11.3 Å². The zero-order valence-electron chi connectivity index (χ0n) is 9.27. The van der Waals surface area contributed by atoms with E-state index >= 15 is 0 Å². The molecule has 0 spiro atoms. The summed E-state index contributed by atoms with van der Waals surface area (Å²) in [5.41, 5.74) is 5.46. The van der Waals surface area contributed by atoms with Crippen molar-refractivity contribution in [1.29, 1.82) is 0 Å². The van der Waals surface area contributed by atoms with Gasteiger partial charge in [0.25, 0.3) is 11.5 Å². The summed E-state index contributed by atoms with van der Waals surface area (Å²) in [6.45, 7) is 3.78. The number of aromatic amines is 1. The van der Waals surface area contributed by atoms with Gasteiger partial charge in [-0.05, 0) is 17.5 Å². The summed E-state index contributed by atoms with van der Waals surface area (Å²) in [5.74, 6) is -0.455. The van der Waals surface area contributed by atoms with Gasteiger partial charge >= 0.3 is 0 Å². The first kappa shape index (κ1) is 12.1. The van der Waals surface area contributed by atoms with Crippen molar-refractivity contribution in [2.45, 2.75) is 0 Å². The minimum absolute atomic E-state index is 0.112. The molecule has 0 aliphatic carbocycles. The van der Waals surface area contributed by atoms with Crippen LogP contribution in [0.3, 0.4) is 0 Å². The first-order chi connectivity index (χ1) is 8.66. The topological polar surface area (TPSA) is 86.9 Å². The predicted octanol–water partition coefficient (Wildman–Crippen LogP) is 0.737. The zero-order chi connectivity index (χ0) is 13.0. The Morgan fingerprint density at radius 3 is 2.78 bits per heavy atom. The quantitative estimate of drug-likeness (QED) is 0.709. The summed E-state index contributed by atoms with van der Waals surface area (Å²) >= 11 is 1.50. The Hall–Kier alpha value is -2.41. The third kappa shape index (κ3) is 2.83. The number of nitrogens with zero attached hydrogens (tertiary/aromatic N) is 1. The molecule has 0 aliphatic heterocycles. The van der Waals surface area contributed by atoms with Crippen molar-refractivity contribution < 1.29 is 4.79 Å². The van der Waals surface area contributed by atoms with Crippen molar-refractivity contribution in [3.8, 4) is 0 Å². The summed E-state index contributed by atoms with van der Waals surface area (Å²) < 4.78 is 0. The summed E-state index contributed by atoms with van der Waals surface area (Å²) in [6.07, 6.45) is 0. The Balaban J connectivity index is 1.94. The summed E-state index contributed by atoms with van der Waals surface area (Å²) in [4.78, 5) is 23.3. The molecule has 3 N–H and O–H groups in total. The third-order valence-corrected chi connectivity index (χ3v) is 2.99. The normalized spacial score (nSPS) is 9.78. The average Bonchev–Trinajstić information content (AvgIpc) is 2.90. The number of carbonyl (C=O) groups excluding carboxylic acids is 1. The number of hydrogen-bond donors (Lipinski definition) is 3. The van der Waals surface area contributed by atoms with Crippen molar-refractivity contribution in [2.75, 3.05) is 0 Å². The molecule has 0 radical (unpaired) electrons. The number of rotatable bonds is 4. The van der Waals surface area contributed by atoms with Gasteiger partial charge in [-0.1, -0.05) is 12.6 Å². The molecule has 0 bridgehead atoms. The van der Waals surface area contributed by atoms with Gasteiger partial charge in [0, 0.05) is 6.07 Å². The molecule has 2 aromatic heterocycles. The summed E-state index contributed by atoms with van der Waals surface area (Å²) in [6, 6.07) is 6.34. The van der Waals surface area contributed by atoms with Crippen LogP contribution in [0.1, 0.15) is 15.4 Å². The lowest BCUT2D eigenvalue weighted by Gasteiger charge is -2.08. The van der Waals surface area contributed by atoms with Crippen molar-refractivity contribution in [2.24, 2.45) is 0 Å². The van der Waals surface area contributed by atoms with Crippen molar-refractivity contribution in [3.63, 3.8) is 0 Å². The minimum atomic E-state index is -0.455. The van der Waals surface area contributed by atoms with Crippen molar-refractivity contribution in [3.05, 3.63) is 57.1 Å². The van der Waals surface area contributed by atoms with E-state index in [2.05, 4.69) is 27.6 Å². The number of hydrazine groups is 1. The molecule has 0 aliphatic rings. The highest BCUT2D eigenvalue weighted by molar-refractivity contribution is 7.11. The Kier molecular flexibility index (Phi) is 3.54. The highest BCUT2D eigenvalue weighted by Crippen LogP contribution is 2.14. The van der Waals surface area contributed by atoms with Crippen LogP contribution in [-0.2, 0) is 0 Å². The van der Waals surface area contributed by atoms with Crippen LogP contribution in [0.15, 0.2) is 41.0 Å². The number of nitrogens with one attached hydrogen (secondary N) is 3. The first-order valence-electron chi connectivity index (χ1n) is 5.01. The number of thiophene rings is 1. The Morgan fingerprint density at radius 1 is 1.33 bits per heavy atom. The van der Waals surface area contributed by atoms with Crippen molar-refractivity contribution in [1.82, 2.24) is 21.0 Å². The van der Waals surface area contributed by atoms with Gasteiger partial charge in [-0.2, -0.15) is 5.10 Å². The molecule has 6 nitrogen and oxygen atoms in total. The molecule has 0 atom stereocenters. The monoisotopic (exact) mass is 262 g/mol. The maximum Gasteiger partial charge on any atom is 0.290 e. The van der Waals surface area contributed by atoms with Gasteiger partial charge < -0.3 is 0 Å². The lowest BCUT2D eigenvalue weighted by molar-refractivity contribution is 0.0936. The maximum atomic E-state index is 11.6. The second-order valence-electron chi connectivity index (χ2n) is 3.34. The van der Waals surface area contributed by atoms with Gasteiger partial charge in [-0.15, -0.1) is 11.3 Å². The van der Waals surface area contributed by atoms with E-state index < -0.39 is 5.91 Å². The van der Waals surface area contributed by atoms with Crippen LogP contribution in [0, 0.1) is 0 Å². The second-order valence-corrected chi connectivity index (χ2v) is 4.29. The van der Waals surface area contributed by atoms with Crippen LogP contribution < -0.4 is 16.4 Å². The Labute approximate surface area is 106 Å². The molecule has 2 heterocycles. The Morgan fingerprint density at radius 2 is 2.17 bits per heavy atom. The van der Waals surface area contributed by atoms with E-state index in [1.165, 1.54) is 23.5 Å². The lowest BCUT2D eigenvalue weighted by atomic mass is 10.4. The second kappa shape index (κ2) is 5.28. The van der Waals surface area contributed by atoms with E-state index in [-0.39, 0.29) is 11.3 Å². The van der Waals surface area contributed by atoms with E-state index in [1.54, 1.807) is 0 Å². The molecule has 1 amide bonds. The van der Waals surface area contributed by atoms with E-state index in [0.717, 1.165) is 4.88 Å². The number of aromatic nitrogens is 2. The predicted molar refractivity (Wildman–Crippen MR) is 68.8 cm³/mol. The Bertz CT molecular complexity index is 598. The minimum Gasteiger partial charge on any atom is -0.297 e. The van der Waals surface area contributed by atoms with Gasteiger partial charge in [0.1, 0.15) is 0 Å². The molecule has 0 aromatic carbocycles. The third-order valence-electron chi connectivity index (χ3n) is 2.06. The van der Waals surface area contributed by atoms with Gasteiger partial charge in [0.2, 0.25) is 0 Å². The molecule has 0 fully saturated rings. The van der Waals surface area contributed by atoms with Crippen LogP contribution in [-0.4, -0.2) is 16.1 Å². The van der Waals surface area contributed by atoms with E-state index in [4.69, 9.17) is 0 Å². The molecular weight excluding hydrogens is 252 g/mol. The number of H-pyrrole nitrogens is 1. The molecule has 0 unspecified atom stereocenters. The average molecular weight is 262 g/mol. The molecular formula is C11H10N4O2S.